The molecule has 1 aliphatic rings. The maximum Gasteiger partial charge on any atom is 0.186 e. The Morgan fingerprint density at radius 1 is 1.08 bits per heavy atom. The monoisotopic (exact) mass is 353 g/mol. The van der Waals surface area contributed by atoms with Crippen LogP contribution in [-0.2, 0) is 0 Å². The number of para-hydroxylation sites is 1. The molecule has 0 aliphatic carbocycles. The van der Waals surface area contributed by atoms with Crippen LogP contribution >= 0.6 is 11.3 Å². The highest BCUT2D eigenvalue weighted by Gasteiger charge is 2.36. The zero-order valence-corrected chi connectivity index (χ0v) is 15.7. The number of methoxy groups -OCH3 is 1. The van der Waals surface area contributed by atoms with Crippen LogP contribution in [0.5, 0.6) is 5.75 Å². The van der Waals surface area contributed by atoms with Gasteiger partial charge in [0.15, 0.2) is 5.13 Å². The van der Waals surface area contributed by atoms with Crippen LogP contribution in [-0.4, -0.2) is 50.2 Å². The first-order valence-electron chi connectivity index (χ1n) is 8.56. The summed E-state index contributed by atoms with van der Waals surface area (Å²) in [6.07, 6.45) is 0. The summed E-state index contributed by atoms with van der Waals surface area (Å²) in [5.74, 6) is 1.37. The minimum atomic E-state index is 0.466. The number of fused-ring (bicyclic) bond motifs is 1. The SMILES string of the molecule is COc1ccc(C2CN(c3nc4ccccc4s3)CC2N(C)C)cc1. The zero-order chi connectivity index (χ0) is 17.4. The quantitative estimate of drug-likeness (QED) is 0.712. The van der Waals surface area contributed by atoms with E-state index in [2.05, 4.69) is 72.4 Å². The van der Waals surface area contributed by atoms with Crippen molar-refractivity contribution in [2.24, 2.45) is 0 Å². The Morgan fingerprint density at radius 2 is 1.84 bits per heavy atom. The molecule has 3 aromatic rings. The van der Waals surface area contributed by atoms with E-state index in [4.69, 9.17) is 9.72 Å². The number of benzene rings is 2. The number of aromatic nitrogens is 1. The van der Waals surface area contributed by atoms with Crippen LogP contribution < -0.4 is 9.64 Å². The molecule has 1 aliphatic heterocycles. The van der Waals surface area contributed by atoms with Crippen molar-refractivity contribution in [3.05, 3.63) is 54.1 Å². The van der Waals surface area contributed by atoms with Gasteiger partial charge < -0.3 is 14.5 Å². The first-order chi connectivity index (χ1) is 12.2. The van der Waals surface area contributed by atoms with Gasteiger partial charge >= 0.3 is 0 Å². The van der Waals surface area contributed by atoms with Crippen molar-refractivity contribution >= 4 is 26.7 Å². The third-order valence-electron chi connectivity index (χ3n) is 5.05. The fraction of sp³-hybridized carbons (Fsp3) is 0.350. The van der Waals surface area contributed by atoms with Crippen LogP contribution in [0.4, 0.5) is 5.13 Å². The molecule has 0 saturated carbocycles. The van der Waals surface area contributed by atoms with E-state index in [0.717, 1.165) is 29.5 Å². The Balaban J connectivity index is 1.63. The molecule has 2 heterocycles. The van der Waals surface area contributed by atoms with E-state index in [1.54, 1.807) is 18.4 Å². The van der Waals surface area contributed by atoms with E-state index in [1.807, 2.05) is 0 Å². The summed E-state index contributed by atoms with van der Waals surface area (Å²) in [5, 5.41) is 1.13. The molecule has 5 heteroatoms. The predicted octanol–water partition coefficient (Wildman–Crippen LogP) is 3.84. The second-order valence-corrected chi connectivity index (χ2v) is 7.79. The van der Waals surface area contributed by atoms with Crippen LogP contribution in [0.15, 0.2) is 48.5 Å². The number of ether oxygens (including phenoxy) is 1. The van der Waals surface area contributed by atoms with Crippen molar-refractivity contribution < 1.29 is 4.74 Å². The van der Waals surface area contributed by atoms with Crippen molar-refractivity contribution in [2.45, 2.75) is 12.0 Å². The number of anilines is 1. The number of nitrogens with zero attached hydrogens (tertiary/aromatic N) is 3. The summed E-state index contributed by atoms with van der Waals surface area (Å²) >= 11 is 1.79. The Labute approximate surface area is 152 Å². The molecule has 1 saturated heterocycles. The Morgan fingerprint density at radius 3 is 2.52 bits per heavy atom. The zero-order valence-electron chi connectivity index (χ0n) is 14.8. The van der Waals surface area contributed by atoms with E-state index < -0.39 is 0 Å². The van der Waals surface area contributed by atoms with Crippen molar-refractivity contribution in [1.82, 2.24) is 9.88 Å². The molecule has 0 N–H and O–H groups in total. The van der Waals surface area contributed by atoms with E-state index in [9.17, 15) is 0 Å². The van der Waals surface area contributed by atoms with E-state index >= 15 is 0 Å². The van der Waals surface area contributed by atoms with Gasteiger partial charge in [-0.05, 0) is 43.9 Å². The molecule has 2 atom stereocenters. The van der Waals surface area contributed by atoms with Crippen molar-refractivity contribution in [3.63, 3.8) is 0 Å². The van der Waals surface area contributed by atoms with Gasteiger partial charge in [-0.3, -0.25) is 0 Å². The van der Waals surface area contributed by atoms with Gasteiger partial charge in [-0.1, -0.05) is 35.6 Å². The van der Waals surface area contributed by atoms with Gasteiger partial charge in [0.1, 0.15) is 5.75 Å². The third kappa shape index (κ3) is 3.10. The van der Waals surface area contributed by atoms with Crippen molar-refractivity contribution in [2.75, 3.05) is 39.2 Å². The van der Waals surface area contributed by atoms with Crippen molar-refractivity contribution in [3.8, 4) is 5.75 Å². The second kappa shape index (κ2) is 6.65. The number of hydrogen-bond acceptors (Lipinski definition) is 5. The molecule has 4 nitrogen and oxygen atoms in total. The molecule has 0 amide bonds. The maximum absolute atomic E-state index is 5.30. The summed E-state index contributed by atoms with van der Waals surface area (Å²) in [4.78, 5) is 9.62. The Hall–Kier alpha value is -2.11. The number of rotatable bonds is 4. The van der Waals surface area contributed by atoms with Crippen LogP contribution in [0.1, 0.15) is 11.5 Å². The predicted molar refractivity (Wildman–Crippen MR) is 105 cm³/mol. The largest absolute Gasteiger partial charge is 0.497 e. The standard InChI is InChI=1S/C20H23N3OS/c1-22(2)18-13-23(20-21-17-6-4-5-7-19(17)25-20)12-16(18)14-8-10-15(24-3)11-9-14/h4-11,16,18H,12-13H2,1-3H3. The topological polar surface area (TPSA) is 28.6 Å². The number of likely N-dealkylation sites (N-methyl/N-ethyl adjacent to an activating group) is 1. The van der Waals surface area contributed by atoms with Crippen molar-refractivity contribution in [1.29, 1.82) is 0 Å². The molecule has 1 aromatic heterocycles. The van der Waals surface area contributed by atoms with Crippen LogP contribution in [0.3, 0.4) is 0 Å². The summed E-state index contributed by atoms with van der Waals surface area (Å²) in [6.45, 7) is 2.00. The summed E-state index contributed by atoms with van der Waals surface area (Å²) < 4.78 is 6.56. The van der Waals surface area contributed by atoms with E-state index in [0.29, 0.717) is 12.0 Å². The number of thiazole rings is 1. The van der Waals surface area contributed by atoms with Gasteiger partial charge in [0.2, 0.25) is 0 Å². The smallest absolute Gasteiger partial charge is 0.186 e. The molecule has 25 heavy (non-hydrogen) atoms. The van der Waals surface area contributed by atoms with Gasteiger partial charge in [-0.25, -0.2) is 4.98 Å². The highest BCUT2D eigenvalue weighted by atomic mass is 32.1. The van der Waals surface area contributed by atoms with Crippen LogP contribution in [0, 0.1) is 0 Å². The first-order valence-corrected chi connectivity index (χ1v) is 9.38. The summed E-state index contributed by atoms with van der Waals surface area (Å²) in [7, 11) is 6.05. The minimum Gasteiger partial charge on any atom is -0.497 e. The lowest BCUT2D eigenvalue weighted by molar-refractivity contribution is 0.292. The molecule has 0 spiro atoms. The Kier molecular flexibility index (Phi) is 4.36. The van der Waals surface area contributed by atoms with E-state index in [-0.39, 0.29) is 0 Å². The lowest BCUT2D eigenvalue weighted by atomic mass is 9.94. The lowest BCUT2D eigenvalue weighted by Crippen LogP contribution is -2.34. The molecule has 4 rings (SSSR count). The Bertz CT molecular complexity index is 826. The van der Waals surface area contributed by atoms with Crippen LogP contribution in [0.2, 0.25) is 0 Å². The summed E-state index contributed by atoms with van der Waals surface area (Å²) in [5.41, 5.74) is 2.46. The number of hydrogen-bond donors (Lipinski definition) is 0. The second-order valence-electron chi connectivity index (χ2n) is 6.78. The molecule has 130 valence electrons. The average Bonchev–Trinajstić information content (AvgIpc) is 3.26. The normalized spacial score (nSPS) is 20.6. The van der Waals surface area contributed by atoms with Gasteiger partial charge in [0.25, 0.3) is 0 Å². The highest BCUT2D eigenvalue weighted by molar-refractivity contribution is 7.22. The molecular weight excluding hydrogens is 330 g/mol. The van der Waals surface area contributed by atoms with Gasteiger partial charge in [-0.15, -0.1) is 0 Å². The fourth-order valence-electron chi connectivity index (χ4n) is 3.64. The fourth-order valence-corrected chi connectivity index (χ4v) is 4.62. The lowest BCUT2D eigenvalue weighted by Gasteiger charge is -2.25. The van der Waals surface area contributed by atoms with E-state index in [1.165, 1.54) is 10.3 Å². The third-order valence-corrected chi connectivity index (χ3v) is 6.15. The molecular formula is C20H23N3OS. The minimum absolute atomic E-state index is 0.466. The van der Waals surface area contributed by atoms with Crippen LogP contribution in [0.25, 0.3) is 10.2 Å². The maximum atomic E-state index is 5.30. The van der Waals surface area contributed by atoms with Gasteiger partial charge in [-0.2, -0.15) is 0 Å². The molecule has 1 fully saturated rings. The molecule has 0 bridgehead atoms. The van der Waals surface area contributed by atoms with Gasteiger partial charge in [0.05, 0.1) is 17.3 Å². The first kappa shape index (κ1) is 16.4. The molecule has 0 radical (unpaired) electrons. The van der Waals surface area contributed by atoms with Gasteiger partial charge in [0, 0.05) is 25.0 Å². The molecule has 2 aromatic carbocycles. The highest BCUT2D eigenvalue weighted by Crippen LogP contribution is 2.37. The average molecular weight is 353 g/mol. The summed E-state index contributed by atoms with van der Waals surface area (Å²) in [6, 6.07) is 17.4. The molecule has 2 unspecified atom stereocenters.